The Labute approximate surface area is 98.5 Å². The molecule has 0 atom stereocenters. The molecular formula is C11H11ClN2O2. The van der Waals surface area contributed by atoms with Gasteiger partial charge >= 0.3 is 5.97 Å². The highest BCUT2D eigenvalue weighted by atomic mass is 35.5. The molecule has 0 amide bonds. The highest BCUT2D eigenvalue weighted by Gasteiger charge is 2.14. The summed E-state index contributed by atoms with van der Waals surface area (Å²) < 4.78 is 0. The van der Waals surface area contributed by atoms with Crippen molar-refractivity contribution in [3.63, 3.8) is 0 Å². The van der Waals surface area contributed by atoms with Gasteiger partial charge in [-0.2, -0.15) is 5.26 Å². The standard InChI is InChI=1S/C11H11ClN2O2/c1-6-8(3-4-10(15)16)7(2)14-11(12)9(6)5-13/h3-4H2,1-2H3,(H,15,16). The van der Waals surface area contributed by atoms with E-state index < -0.39 is 5.97 Å². The van der Waals surface area contributed by atoms with Gasteiger partial charge in [-0.25, -0.2) is 4.98 Å². The first-order valence-corrected chi connectivity index (χ1v) is 5.12. The minimum absolute atomic E-state index is 0.0237. The predicted octanol–water partition coefficient (Wildman–Crippen LogP) is 2.24. The van der Waals surface area contributed by atoms with Crippen LogP contribution in [0.1, 0.15) is 28.8 Å². The summed E-state index contributed by atoms with van der Waals surface area (Å²) in [6.45, 7) is 3.52. The molecule has 0 radical (unpaired) electrons. The smallest absolute Gasteiger partial charge is 0.303 e. The van der Waals surface area contributed by atoms with Crippen LogP contribution < -0.4 is 0 Å². The predicted molar refractivity (Wildman–Crippen MR) is 59.4 cm³/mol. The fraction of sp³-hybridized carbons (Fsp3) is 0.364. The van der Waals surface area contributed by atoms with E-state index in [1.807, 2.05) is 6.07 Å². The van der Waals surface area contributed by atoms with Gasteiger partial charge in [0.25, 0.3) is 0 Å². The second-order valence-corrected chi connectivity index (χ2v) is 3.83. The Morgan fingerprint density at radius 2 is 2.19 bits per heavy atom. The Morgan fingerprint density at radius 1 is 1.56 bits per heavy atom. The Hall–Kier alpha value is -1.60. The summed E-state index contributed by atoms with van der Waals surface area (Å²) in [6, 6.07) is 1.98. The molecule has 0 saturated carbocycles. The summed E-state index contributed by atoms with van der Waals surface area (Å²) in [5.41, 5.74) is 2.53. The van der Waals surface area contributed by atoms with Crippen LogP contribution in [0.3, 0.4) is 0 Å². The number of nitrogens with zero attached hydrogens (tertiary/aromatic N) is 2. The molecule has 4 nitrogen and oxygen atoms in total. The first kappa shape index (κ1) is 12.5. The monoisotopic (exact) mass is 238 g/mol. The van der Waals surface area contributed by atoms with Gasteiger partial charge in [0.2, 0.25) is 0 Å². The third kappa shape index (κ3) is 2.50. The third-order valence-corrected chi connectivity index (χ3v) is 2.71. The van der Waals surface area contributed by atoms with Gasteiger partial charge in [0, 0.05) is 12.1 Å². The fourth-order valence-corrected chi connectivity index (χ4v) is 1.89. The number of halogens is 1. The van der Waals surface area contributed by atoms with Crippen LogP contribution in [0.4, 0.5) is 0 Å². The number of nitriles is 1. The molecule has 0 saturated heterocycles. The van der Waals surface area contributed by atoms with Crippen LogP contribution in [0.2, 0.25) is 5.15 Å². The topological polar surface area (TPSA) is 74.0 Å². The van der Waals surface area contributed by atoms with Crippen LogP contribution in [0.25, 0.3) is 0 Å². The van der Waals surface area contributed by atoms with Crippen LogP contribution >= 0.6 is 11.6 Å². The van der Waals surface area contributed by atoms with E-state index in [-0.39, 0.29) is 11.6 Å². The Bertz CT molecular complexity index is 478. The summed E-state index contributed by atoms with van der Waals surface area (Å²) in [6.07, 6.45) is 0.391. The van der Waals surface area contributed by atoms with Crippen molar-refractivity contribution in [2.75, 3.05) is 0 Å². The summed E-state index contributed by atoms with van der Waals surface area (Å²) >= 11 is 5.82. The average Bonchev–Trinajstić information content (AvgIpc) is 2.16. The molecule has 1 aromatic heterocycles. The molecule has 5 heteroatoms. The van der Waals surface area contributed by atoms with Gasteiger partial charge in [-0.15, -0.1) is 0 Å². The molecule has 1 N–H and O–H groups in total. The number of pyridine rings is 1. The molecule has 0 aliphatic carbocycles. The quantitative estimate of drug-likeness (QED) is 0.820. The molecule has 0 aliphatic rings. The summed E-state index contributed by atoms with van der Waals surface area (Å²) in [5, 5.41) is 17.7. The lowest BCUT2D eigenvalue weighted by Crippen LogP contribution is -2.05. The number of aromatic nitrogens is 1. The van der Waals surface area contributed by atoms with Gasteiger partial charge in [-0.3, -0.25) is 4.79 Å². The first-order chi connectivity index (χ1) is 7.47. The Kier molecular flexibility index (Phi) is 3.86. The number of carboxylic acids is 1. The molecule has 0 aromatic carbocycles. The van der Waals surface area contributed by atoms with E-state index in [1.165, 1.54) is 0 Å². The maximum Gasteiger partial charge on any atom is 0.303 e. The Morgan fingerprint density at radius 3 is 2.69 bits per heavy atom. The van der Waals surface area contributed by atoms with Crippen molar-refractivity contribution in [3.8, 4) is 6.07 Å². The molecular weight excluding hydrogens is 228 g/mol. The molecule has 84 valence electrons. The summed E-state index contributed by atoms with van der Waals surface area (Å²) in [7, 11) is 0. The SMILES string of the molecule is Cc1nc(Cl)c(C#N)c(C)c1CCC(=O)O. The molecule has 1 heterocycles. The van der Waals surface area contributed by atoms with Crippen molar-refractivity contribution in [2.24, 2.45) is 0 Å². The zero-order valence-corrected chi connectivity index (χ0v) is 9.80. The molecule has 0 unspecified atom stereocenters. The molecule has 1 rings (SSSR count). The third-order valence-electron chi connectivity index (χ3n) is 2.44. The minimum Gasteiger partial charge on any atom is -0.481 e. The zero-order chi connectivity index (χ0) is 12.3. The summed E-state index contributed by atoms with van der Waals surface area (Å²) in [5.74, 6) is -0.868. The molecule has 0 fully saturated rings. The van der Waals surface area contributed by atoms with Gasteiger partial charge < -0.3 is 5.11 Å². The molecule has 16 heavy (non-hydrogen) atoms. The first-order valence-electron chi connectivity index (χ1n) is 4.74. The van der Waals surface area contributed by atoms with Crippen molar-refractivity contribution in [2.45, 2.75) is 26.7 Å². The second-order valence-electron chi connectivity index (χ2n) is 3.47. The molecule has 0 spiro atoms. The Balaban J connectivity index is 3.19. The van der Waals surface area contributed by atoms with E-state index in [0.29, 0.717) is 17.7 Å². The number of carboxylic acid groups (broad SMARTS) is 1. The highest BCUT2D eigenvalue weighted by Crippen LogP contribution is 2.23. The van der Waals surface area contributed by atoms with Gasteiger partial charge in [0.1, 0.15) is 11.2 Å². The lowest BCUT2D eigenvalue weighted by Gasteiger charge is -2.10. The number of aryl methyl sites for hydroxylation is 1. The number of hydrogen-bond acceptors (Lipinski definition) is 3. The van der Waals surface area contributed by atoms with Crippen molar-refractivity contribution >= 4 is 17.6 Å². The van der Waals surface area contributed by atoms with Crippen molar-refractivity contribution in [3.05, 3.63) is 27.5 Å². The number of hydrogen-bond donors (Lipinski definition) is 1. The van der Waals surface area contributed by atoms with E-state index in [4.69, 9.17) is 22.0 Å². The normalized spacial score (nSPS) is 9.88. The van der Waals surface area contributed by atoms with E-state index in [0.717, 1.165) is 11.1 Å². The molecule has 0 bridgehead atoms. The van der Waals surface area contributed by atoms with Gasteiger partial charge in [-0.1, -0.05) is 11.6 Å². The maximum atomic E-state index is 10.5. The fourth-order valence-electron chi connectivity index (χ4n) is 1.58. The summed E-state index contributed by atoms with van der Waals surface area (Å²) in [4.78, 5) is 14.5. The minimum atomic E-state index is -0.868. The van der Waals surface area contributed by atoms with Crippen LogP contribution in [0.15, 0.2) is 0 Å². The van der Waals surface area contributed by atoms with Crippen LogP contribution in [0.5, 0.6) is 0 Å². The molecule has 0 aliphatic heterocycles. The zero-order valence-electron chi connectivity index (χ0n) is 9.04. The highest BCUT2D eigenvalue weighted by molar-refractivity contribution is 6.30. The van der Waals surface area contributed by atoms with Gasteiger partial charge in [0.15, 0.2) is 0 Å². The van der Waals surface area contributed by atoms with Crippen molar-refractivity contribution in [1.29, 1.82) is 5.26 Å². The molecule has 1 aromatic rings. The lowest BCUT2D eigenvalue weighted by atomic mass is 9.99. The van der Waals surface area contributed by atoms with Crippen molar-refractivity contribution < 1.29 is 9.90 Å². The van der Waals surface area contributed by atoms with Crippen molar-refractivity contribution in [1.82, 2.24) is 4.98 Å². The van der Waals surface area contributed by atoms with Gasteiger partial charge in [0.05, 0.1) is 5.56 Å². The van der Waals surface area contributed by atoms with E-state index in [1.54, 1.807) is 13.8 Å². The average molecular weight is 239 g/mol. The number of rotatable bonds is 3. The van der Waals surface area contributed by atoms with Gasteiger partial charge in [-0.05, 0) is 31.4 Å². The van der Waals surface area contributed by atoms with E-state index in [2.05, 4.69) is 4.98 Å². The van der Waals surface area contributed by atoms with E-state index in [9.17, 15) is 4.79 Å². The largest absolute Gasteiger partial charge is 0.481 e. The number of aliphatic carboxylic acids is 1. The maximum absolute atomic E-state index is 10.5. The van der Waals surface area contributed by atoms with E-state index >= 15 is 0 Å². The van der Waals surface area contributed by atoms with Crippen LogP contribution in [-0.4, -0.2) is 16.1 Å². The van der Waals surface area contributed by atoms with Crippen LogP contribution in [-0.2, 0) is 11.2 Å². The number of carbonyl (C=O) groups is 1. The van der Waals surface area contributed by atoms with Crippen LogP contribution in [0, 0.1) is 25.2 Å². The lowest BCUT2D eigenvalue weighted by molar-refractivity contribution is -0.136. The second kappa shape index (κ2) is 4.95.